The maximum Gasteiger partial charge on any atom is 0.419 e. The van der Waals surface area contributed by atoms with Crippen molar-refractivity contribution in [1.29, 1.82) is 0 Å². The van der Waals surface area contributed by atoms with Crippen molar-refractivity contribution < 1.29 is 23.5 Å². The lowest BCUT2D eigenvalue weighted by Crippen LogP contribution is -2.18. The highest BCUT2D eigenvalue weighted by molar-refractivity contribution is 6.31. The summed E-state index contributed by atoms with van der Waals surface area (Å²) in [5.41, 5.74) is 1.26. The molecule has 0 amide bonds. The molecule has 3 aromatic rings. The normalized spacial score (nSPS) is 10.7. The van der Waals surface area contributed by atoms with Crippen LogP contribution in [0.25, 0.3) is 11.1 Å². The van der Waals surface area contributed by atoms with Crippen molar-refractivity contribution >= 4 is 34.6 Å². The van der Waals surface area contributed by atoms with E-state index in [4.69, 9.17) is 20.8 Å². The average Bonchev–Trinajstić information content (AvgIpc) is 2.94. The molecule has 3 rings (SSSR count). The van der Waals surface area contributed by atoms with Gasteiger partial charge in [-0.2, -0.15) is 0 Å². The lowest BCUT2D eigenvalue weighted by Gasteiger charge is -2.06. The van der Waals surface area contributed by atoms with E-state index in [9.17, 15) is 14.4 Å². The first kappa shape index (κ1) is 17.8. The van der Waals surface area contributed by atoms with Gasteiger partial charge < -0.3 is 13.9 Å². The Balaban J connectivity index is 1.65. The molecule has 8 heteroatoms. The van der Waals surface area contributed by atoms with Crippen LogP contribution in [-0.2, 0) is 16.1 Å². The van der Waals surface area contributed by atoms with Crippen molar-refractivity contribution in [2.24, 2.45) is 0 Å². The van der Waals surface area contributed by atoms with Gasteiger partial charge in [-0.25, -0.2) is 9.59 Å². The van der Waals surface area contributed by atoms with Crippen molar-refractivity contribution in [3.63, 3.8) is 0 Å². The molecule has 0 aliphatic heterocycles. The summed E-state index contributed by atoms with van der Waals surface area (Å²) in [4.78, 5) is 35.3. The number of ether oxygens (including phenoxy) is 2. The summed E-state index contributed by atoms with van der Waals surface area (Å²) in [6.45, 7) is 0.104. The summed E-state index contributed by atoms with van der Waals surface area (Å²) >= 11 is 5.86. The highest BCUT2D eigenvalue weighted by Crippen LogP contribution is 2.19. The number of halogens is 1. The van der Waals surface area contributed by atoms with Gasteiger partial charge in [-0.3, -0.25) is 9.36 Å². The molecule has 26 heavy (non-hydrogen) atoms. The van der Waals surface area contributed by atoms with E-state index in [-0.39, 0.29) is 13.0 Å². The van der Waals surface area contributed by atoms with Gasteiger partial charge in [0.1, 0.15) is 5.75 Å². The summed E-state index contributed by atoms with van der Waals surface area (Å²) < 4.78 is 16.2. The second-order valence-electron chi connectivity index (χ2n) is 5.37. The number of rotatable bonds is 5. The van der Waals surface area contributed by atoms with Crippen LogP contribution in [0, 0.1) is 0 Å². The van der Waals surface area contributed by atoms with Gasteiger partial charge in [0.25, 0.3) is 0 Å². The number of aromatic nitrogens is 1. The van der Waals surface area contributed by atoms with Crippen LogP contribution in [0.5, 0.6) is 5.75 Å². The Morgan fingerprint density at radius 1 is 1.15 bits per heavy atom. The minimum Gasteiger partial charge on any atom is -0.465 e. The molecule has 0 radical (unpaired) electrons. The van der Waals surface area contributed by atoms with E-state index in [1.54, 1.807) is 12.1 Å². The first-order valence-corrected chi connectivity index (χ1v) is 8.03. The van der Waals surface area contributed by atoms with Crippen LogP contribution in [0.4, 0.5) is 0 Å². The van der Waals surface area contributed by atoms with Gasteiger partial charge >= 0.3 is 17.7 Å². The van der Waals surface area contributed by atoms with E-state index in [2.05, 4.69) is 4.74 Å². The van der Waals surface area contributed by atoms with E-state index in [0.717, 1.165) is 0 Å². The van der Waals surface area contributed by atoms with E-state index in [1.165, 1.54) is 42.0 Å². The van der Waals surface area contributed by atoms with Crippen LogP contribution < -0.4 is 10.5 Å². The Kier molecular flexibility index (Phi) is 5.09. The zero-order valence-corrected chi connectivity index (χ0v) is 14.5. The van der Waals surface area contributed by atoms with Gasteiger partial charge in [0.05, 0.1) is 24.6 Å². The number of hydrogen-bond donors (Lipinski definition) is 0. The summed E-state index contributed by atoms with van der Waals surface area (Å²) in [6.07, 6.45) is -0.0318. The molecule has 2 aromatic carbocycles. The smallest absolute Gasteiger partial charge is 0.419 e. The molecule has 0 saturated heterocycles. The molecule has 0 atom stereocenters. The number of carbonyl (C=O) groups is 2. The molecule has 0 unspecified atom stereocenters. The van der Waals surface area contributed by atoms with Crippen LogP contribution in [0.3, 0.4) is 0 Å². The predicted molar refractivity (Wildman–Crippen MR) is 93.5 cm³/mol. The summed E-state index contributed by atoms with van der Waals surface area (Å²) in [5, 5.41) is 0.452. The second-order valence-corrected chi connectivity index (χ2v) is 5.81. The van der Waals surface area contributed by atoms with Crippen molar-refractivity contribution in [2.45, 2.75) is 13.0 Å². The number of hydrogen-bond acceptors (Lipinski definition) is 6. The summed E-state index contributed by atoms with van der Waals surface area (Å²) in [6, 6.07) is 10.8. The number of carbonyl (C=O) groups excluding carboxylic acids is 2. The quantitative estimate of drug-likeness (QED) is 0.503. The molecule has 0 fully saturated rings. The maximum absolute atomic E-state index is 12.0. The molecule has 1 heterocycles. The predicted octanol–water partition coefficient (Wildman–Crippen LogP) is 3.03. The highest BCUT2D eigenvalue weighted by atomic mass is 35.5. The molecule has 0 bridgehead atoms. The molecule has 134 valence electrons. The minimum absolute atomic E-state index is 0.0318. The monoisotopic (exact) mass is 375 g/mol. The molecule has 0 aliphatic carbocycles. The molecule has 0 saturated carbocycles. The van der Waals surface area contributed by atoms with E-state index >= 15 is 0 Å². The Bertz CT molecular complexity index is 1020. The van der Waals surface area contributed by atoms with E-state index in [1.807, 2.05) is 0 Å². The summed E-state index contributed by atoms with van der Waals surface area (Å²) in [7, 11) is 1.28. The fourth-order valence-corrected chi connectivity index (χ4v) is 2.58. The van der Waals surface area contributed by atoms with Crippen LogP contribution in [-0.4, -0.2) is 23.6 Å². The number of fused-ring (bicyclic) bond motifs is 1. The van der Waals surface area contributed by atoms with Crippen LogP contribution in [0.2, 0.25) is 5.02 Å². The van der Waals surface area contributed by atoms with Crippen molar-refractivity contribution in [3.8, 4) is 5.75 Å². The Hall–Kier alpha value is -3.06. The largest absolute Gasteiger partial charge is 0.465 e. The van der Waals surface area contributed by atoms with Crippen LogP contribution in [0.15, 0.2) is 51.7 Å². The second kappa shape index (κ2) is 7.45. The summed E-state index contributed by atoms with van der Waals surface area (Å²) in [5.74, 6) is -1.28. The zero-order chi connectivity index (χ0) is 18.7. The van der Waals surface area contributed by atoms with Crippen molar-refractivity contribution in [1.82, 2.24) is 4.57 Å². The van der Waals surface area contributed by atoms with Gasteiger partial charge in [-0.1, -0.05) is 11.6 Å². The number of methoxy groups -OCH3 is 1. The molecular weight excluding hydrogens is 362 g/mol. The Morgan fingerprint density at radius 3 is 2.58 bits per heavy atom. The van der Waals surface area contributed by atoms with Crippen molar-refractivity contribution in [3.05, 3.63) is 63.6 Å². The Labute approximate surface area is 152 Å². The van der Waals surface area contributed by atoms with E-state index in [0.29, 0.717) is 27.4 Å². The average molecular weight is 376 g/mol. The molecule has 0 N–H and O–H groups in total. The van der Waals surface area contributed by atoms with Gasteiger partial charge in [0, 0.05) is 17.6 Å². The van der Waals surface area contributed by atoms with E-state index < -0.39 is 17.7 Å². The van der Waals surface area contributed by atoms with Crippen LogP contribution >= 0.6 is 11.6 Å². The lowest BCUT2D eigenvalue weighted by atomic mass is 10.2. The van der Waals surface area contributed by atoms with Crippen LogP contribution in [0.1, 0.15) is 16.8 Å². The SMILES string of the molecule is COC(=O)c1ccc(OC(=O)CCn2c(=O)oc3cc(Cl)ccc32)cc1. The van der Waals surface area contributed by atoms with Crippen molar-refractivity contribution in [2.75, 3.05) is 7.11 Å². The topological polar surface area (TPSA) is 87.7 Å². The van der Waals surface area contributed by atoms with Gasteiger partial charge in [-0.05, 0) is 36.4 Å². The lowest BCUT2D eigenvalue weighted by molar-refractivity contribution is -0.134. The van der Waals surface area contributed by atoms with Gasteiger partial charge in [0.15, 0.2) is 5.58 Å². The fourth-order valence-electron chi connectivity index (χ4n) is 2.41. The van der Waals surface area contributed by atoms with Gasteiger partial charge in [-0.15, -0.1) is 0 Å². The molecule has 0 aliphatic rings. The molecule has 0 spiro atoms. The minimum atomic E-state index is -0.572. The number of nitrogens with zero attached hydrogens (tertiary/aromatic N) is 1. The third-order valence-corrected chi connectivity index (χ3v) is 3.91. The number of benzene rings is 2. The molecule has 1 aromatic heterocycles. The first-order valence-electron chi connectivity index (χ1n) is 7.66. The fraction of sp³-hybridized carbons (Fsp3) is 0.167. The van der Waals surface area contributed by atoms with Gasteiger partial charge in [0.2, 0.25) is 0 Å². The third kappa shape index (κ3) is 3.78. The zero-order valence-electron chi connectivity index (χ0n) is 13.7. The standard InChI is InChI=1S/C18H14ClNO6/c1-24-17(22)11-2-5-13(6-3-11)25-16(21)8-9-20-14-7-4-12(19)10-15(14)26-18(20)23/h2-7,10H,8-9H2,1H3. The highest BCUT2D eigenvalue weighted by Gasteiger charge is 2.13. The molecule has 7 nitrogen and oxygen atoms in total. The first-order chi connectivity index (χ1) is 12.5. The Morgan fingerprint density at radius 2 is 1.88 bits per heavy atom. The third-order valence-electron chi connectivity index (χ3n) is 3.68. The number of aryl methyl sites for hydroxylation is 1. The number of esters is 2. The molecular formula is C18H14ClNO6. The number of oxazole rings is 1. The maximum atomic E-state index is 12.0.